The van der Waals surface area contributed by atoms with Gasteiger partial charge in [0.1, 0.15) is 0 Å². The zero-order valence-electron chi connectivity index (χ0n) is 12.8. The van der Waals surface area contributed by atoms with Gasteiger partial charge in [0, 0.05) is 29.4 Å². The third-order valence-corrected chi connectivity index (χ3v) is 4.29. The number of hydrogen-bond donors (Lipinski definition) is 1. The van der Waals surface area contributed by atoms with Crippen LogP contribution in [0.15, 0.2) is 48.5 Å². The molecule has 2 aromatic rings. The number of benzene rings is 2. The average Bonchev–Trinajstić information content (AvgIpc) is 2.92. The molecule has 3 rings (SSSR count). The molecule has 0 bridgehead atoms. The van der Waals surface area contributed by atoms with Crippen molar-refractivity contribution in [1.82, 2.24) is 0 Å². The lowest BCUT2D eigenvalue weighted by atomic mass is 10.1. The smallest absolute Gasteiger partial charge is 0.229 e. The van der Waals surface area contributed by atoms with Crippen LogP contribution in [-0.4, -0.2) is 18.4 Å². The molecular weight excluding hydrogens is 312 g/mol. The molecule has 2 amide bonds. The van der Waals surface area contributed by atoms with Crippen molar-refractivity contribution in [3.05, 3.63) is 59.1 Å². The van der Waals surface area contributed by atoms with Crippen molar-refractivity contribution in [3.8, 4) is 0 Å². The van der Waals surface area contributed by atoms with Crippen LogP contribution < -0.4 is 10.2 Å². The van der Waals surface area contributed by atoms with Crippen molar-refractivity contribution >= 4 is 34.8 Å². The molecule has 1 atom stereocenters. The van der Waals surface area contributed by atoms with Gasteiger partial charge in [0.05, 0.1) is 5.92 Å². The highest BCUT2D eigenvalue weighted by Gasteiger charge is 2.35. The van der Waals surface area contributed by atoms with Crippen LogP contribution in [0.4, 0.5) is 11.4 Å². The van der Waals surface area contributed by atoms with Crippen molar-refractivity contribution in [2.75, 3.05) is 16.8 Å². The Morgan fingerprint density at radius 1 is 1.17 bits per heavy atom. The Balaban J connectivity index is 1.71. The van der Waals surface area contributed by atoms with Gasteiger partial charge < -0.3 is 10.2 Å². The van der Waals surface area contributed by atoms with Gasteiger partial charge in [-0.25, -0.2) is 0 Å². The van der Waals surface area contributed by atoms with E-state index in [0.717, 1.165) is 16.9 Å². The summed E-state index contributed by atoms with van der Waals surface area (Å²) in [5.74, 6) is -0.515. The van der Waals surface area contributed by atoms with Crippen LogP contribution in [-0.2, 0) is 9.59 Å². The molecule has 1 aliphatic rings. The SMILES string of the molecule is Cc1ccccc1NC(=O)C1CC(=O)N(c2ccc(Cl)cc2)C1. The van der Waals surface area contributed by atoms with Crippen molar-refractivity contribution in [2.24, 2.45) is 5.92 Å². The maximum Gasteiger partial charge on any atom is 0.229 e. The predicted octanol–water partition coefficient (Wildman–Crippen LogP) is 3.64. The number of nitrogens with one attached hydrogen (secondary N) is 1. The zero-order chi connectivity index (χ0) is 16.4. The van der Waals surface area contributed by atoms with E-state index in [0.29, 0.717) is 11.6 Å². The van der Waals surface area contributed by atoms with Gasteiger partial charge in [-0.05, 0) is 42.8 Å². The number of para-hydroxylation sites is 1. The number of nitrogens with zero attached hydrogens (tertiary/aromatic N) is 1. The van der Waals surface area contributed by atoms with E-state index in [2.05, 4.69) is 5.32 Å². The fourth-order valence-electron chi connectivity index (χ4n) is 2.70. The minimum absolute atomic E-state index is 0.0442. The number of carbonyl (C=O) groups excluding carboxylic acids is 2. The summed E-state index contributed by atoms with van der Waals surface area (Å²) in [7, 11) is 0. The van der Waals surface area contributed by atoms with Crippen molar-refractivity contribution < 1.29 is 9.59 Å². The summed E-state index contributed by atoms with van der Waals surface area (Å²) in [6, 6.07) is 14.7. The van der Waals surface area contributed by atoms with E-state index >= 15 is 0 Å². The highest BCUT2D eigenvalue weighted by molar-refractivity contribution is 6.30. The highest BCUT2D eigenvalue weighted by atomic mass is 35.5. The Bertz CT molecular complexity index is 743. The number of anilines is 2. The van der Waals surface area contributed by atoms with Crippen LogP contribution in [0.2, 0.25) is 5.02 Å². The molecule has 1 aliphatic heterocycles. The lowest BCUT2D eigenvalue weighted by Crippen LogP contribution is -2.28. The minimum Gasteiger partial charge on any atom is -0.326 e. The van der Waals surface area contributed by atoms with E-state index in [9.17, 15) is 9.59 Å². The standard InChI is InChI=1S/C18H17ClN2O2/c1-12-4-2-3-5-16(12)20-18(23)13-10-17(22)21(11-13)15-8-6-14(19)7-9-15/h2-9,13H,10-11H2,1H3,(H,20,23). The third kappa shape index (κ3) is 3.37. The summed E-state index contributed by atoms with van der Waals surface area (Å²) in [6.07, 6.45) is 0.223. The first kappa shape index (κ1) is 15.6. The molecule has 0 saturated carbocycles. The molecule has 4 nitrogen and oxygen atoms in total. The molecule has 1 unspecified atom stereocenters. The van der Waals surface area contributed by atoms with Crippen LogP contribution in [0.1, 0.15) is 12.0 Å². The molecule has 1 heterocycles. The summed E-state index contributed by atoms with van der Waals surface area (Å²) < 4.78 is 0. The fourth-order valence-corrected chi connectivity index (χ4v) is 2.83. The fraction of sp³-hybridized carbons (Fsp3) is 0.222. The maximum atomic E-state index is 12.4. The van der Waals surface area contributed by atoms with Gasteiger partial charge in [0.25, 0.3) is 0 Å². The molecule has 23 heavy (non-hydrogen) atoms. The third-order valence-electron chi connectivity index (χ3n) is 4.04. The second-order valence-corrected chi connectivity index (χ2v) is 6.12. The molecule has 1 saturated heterocycles. The van der Waals surface area contributed by atoms with Crippen LogP contribution in [0.25, 0.3) is 0 Å². The first-order valence-electron chi connectivity index (χ1n) is 7.47. The molecule has 0 radical (unpaired) electrons. The lowest BCUT2D eigenvalue weighted by molar-refractivity contribution is -0.122. The summed E-state index contributed by atoms with van der Waals surface area (Å²) in [6.45, 7) is 2.33. The largest absolute Gasteiger partial charge is 0.326 e. The Hall–Kier alpha value is -2.33. The highest BCUT2D eigenvalue weighted by Crippen LogP contribution is 2.27. The second-order valence-electron chi connectivity index (χ2n) is 5.69. The summed E-state index contributed by atoms with van der Waals surface area (Å²) in [4.78, 5) is 26.3. The lowest BCUT2D eigenvalue weighted by Gasteiger charge is -2.17. The number of halogens is 1. The maximum absolute atomic E-state index is 12.4. The van der Waals surface area contributed by atoms with E-state index < -0.39 is 0 Å². The number of hydrogen-bond acceptors (Lipinski definition) is 2. The second kappa shape index (κ2) is 6.42. The van der Waals surface area contributed by atoms with Crippen LogP contribution >= 0.6 is 11.6 Å². The van der Waals surface area contributed by atoms with Gasteiger partial charge in [0.2, 0.25) is 11.8 Å². The van der Waals surface area contributed by atoms with Crippen molar-refractivity contribution in [3.63, 3.8) is 0 Å². The molecule has 0 aromatic heterocycles. The number of rotatable bonds is 3. The summed E-state index contributed by atoms with van der Waals surface area (Å²) in [5, 5.41) is 3.53. The quantitative estimate of drug-likeness (QED) is 0.935. The molecule has 2 aromatic carbocycles. The molecule has 5 heteroatoms. The Labute approximate surface area is 140 Å². The minimum atomic E-state index is -0.349. The average molecular weight is 329 g/mol. The molecule has 0 aliphatic carbocycles. The van der Waals surface area contributed by atoms with E-state index in [1.54, 1.807) is 29.2 Å². The van der Waals surface area contributed by atoms with Crippen LogP contribution in [0, 0.1) is 12.8 Å². The predicted molar refractivity (Wildman–Crippen MR) is 91.7 cm³/mol. The van der Waals surface area contributed by atoms with E-state index in [1.807, 2.05) is 31.2 Å². The first-order chi connectivity index (χ1) is 11.0. The van der Waals surface area contributed by atoms with Gasteiger partial charge in [0.15, 0.2) is 0 Å². The number of carbonyl (C=O) groups is 2. The van der Waals surface area contributed by atoms with Crippen molar-refractivity contribution in [1.29, 1.82) is 0 Å². The topological polar surface area (TPSA) is 49.4 Å². The van der Waals surface area contributed by atoms with Crippen LogP contribution in [0.3, 0.4) is 0 Å². The Kier molecular flexibility index (Phi) is 4.35. The van der Waals surface area contributed by atoms with E-state index in [-0.39, 0.29) is 24.2 Å². The summed E-state index contributed by atoms with van der Waals surface area (Å²) in [5.41, 5.74) is 2.56. The van der Waals surface area contributed by atoms with Gasteiger partial charge in [-0.1, -0.05) is 29.8 Å². The molecule has 118 valence electrons. The van der Waals surface area contributed by atoms with E-state index in [4.69, 9.17) is 11.6 Å². The summed E-state index contributed by atoms with van der Waals surface area (Å²) >= 11 is 5.87. The molecule has 0 spiro atoms. The van der Waals surface area contributed by atoms with Gasteiger partial charge in [-0.3, -0.25) is 9.59 Å². The first-order valence-corrected chi connectivity index (χ1v) is 7.85. The molecule has 1 N–H and O–H groups in total. The number of aryl methyl sites for hydroxylation is 1. The molecular formula is C18H17ClN2O2. The van der Waals surface area contributed by atoms with Crippen molar-refractivity contribution in [2.45, 2.75) is 13.3 Å². The monoisotopic (exact) mass is 328 g/mol. The normalized spacial score (nSPS) is 17.4. The van der Waals surface area contributed by atoms with Crippen LogP contribution in [0.5, 0.6) is 0 Å². The number of amides is 2. The van der Waals surface area contributed by atoms with E-state index in [1.165, 1.54) is 0 Å². The zero-order valence-corrected chi connectivity index (χ0v) is 13.5. The molecule has 1 fully saturated rings. The Morgan fingerprint density at radius 2 is 1.87 bits per heavy atom. The van der Waals surface area contributed by atoms with Gasteiger partial charge in [-0.2, -0.15) is 0 Å². The van der Waals surface area contributed by atoms with Gasteiger partial charge in [-0.15, -0.1) is 0 Å². The Morgan fingerprint density at radius 3 is 2.57 bits per heavy atom. The van der Waals surface area contributed by atoms with Gasteiger partial charge >= 0.3 is 0 Å².